The normalized spacial score (nSPS) is 11.1. The van der Waals surface area contributed by atoms with Crippen LogP contribution in [0.3, 0.4) is 0 Å². The first-order valence-electron chi connectivity index (χ1n) is 5.77. The van der Waals surface area contributed by atoms with E-state index in [4.69, 9.17) is 0 Å². The maximum atomic E-state index is 11.3. The Morgan fingerprint density at radius 2 is 1.94 bits per heavy atom. The second-order valence-electron chi connectivity index (χ2n) is 4.70. The molecule has 0 fully saturated rings. The molecule has 0 aliphatic heterocycles. The van der Waals surface area contributed by atoms with Crippen LogP contribution in [0.1, 0.15) is 41.3 Å². The van der Waals surface area contributed by atoms with E-state index in [1.165, 1.54) is 0 Å². The fourth-order valence-corrected chi connectivity index (χ4v) is 2.15. The van der Waals surface area contributed by atoms with Crippen LogP contribution < -0.4 is 0 Å². The van der Waals surface area contributed by atoms with E-state index in [-0.39, 0.29) is 0 Å². The van der Waals surface area contributed by atoms with E-state index in [1.807, 2.05) is 37.3 Å². The van der Waals surface area contributed by atoms with Crippen molar-refractivity contribution in [2.45, 2.75) is 26.7 Å². The molecule has 0 amide bonds. The number of aromatic carboxylic acids is 1. The fraction of sp³-hybridized carbons (Fsp3) is 0.267. The smallest absolute Gasteiger partial charge is 0.336 e. The summed E-state index contributed by atoms with van der Waals surface area (Å²) < 4.78 is 0. The predicted molar refractivity (Wildman–Crippen MR) is 68.8 cm³/mol. The Labute approximate surface area is 101 Å². The van der Waals surface area contributed by atoms with Gasteiger partial charge in [0.2, 0.25) is 0 Å². The standard InChI is InChI=1S/C15H16O2/c1-9(2)11-5-4-6-12-7-10(3)14(15(16)17)13(12)8-11/h4-9H,1-3H3,(H,16,17). The minimum absolute atomic E-state index is 0.391. The van der Waals surface area contributed by atoms with Gasteiger partial charge in [0, 0.05) is 0 Å². The van der Waals surface area contributed by atoms with E-state index < -0.39 is 5.97 Å². The Bertz CT molecular complexity index is 541. The summed E-state index contributed by atoms with van der Waals surface area (Å²) in [5, 5.41) is 9.26. The molecule has 2 nitrogen and oxygen atoms in total. The highest BCUT2D eigenvalue weighted by molar-refractivity contribution is 5.99. The molecule has 17 heavy (non-hydrogen) atoms. The van der Waals surface area contributed by atoms with Gasteiger partial charge in [-0.2, -0.15) is 0 Å². The SMILES string of the molecule is Cc1cc2cccc(C(C)C)cc-2c1C(=O)O. The van der Waals surface area contributed by atoms with Crippen molar-refractivity contribution >= 4 is 5.97 Å². The molecule has 0 heterocycles. The number of carboxylic acids is 1. The lowest BCUT2D eigenvalue weighted by Gasteiger charge is -2.03. The summed E-state index contributed by atoms with van der Waals surface area (Å²) in [6.45, 7) is 6.06. The molecule has 0 saturated carbocycles. The summed E-state index contributed by atoms with van der Waals surface area (Å²) in [6, 6.07) is 9.94. The van der Waals surface area contributed by atoms with E-state index in [9.17, 15) is 9.90 Å². The molecule has 0 saturated heterocycles. The lowest BCUT2D eigenvalue weighted by molar-refractivity contribution is 0.0697. The van der Waals surface area contributed by atoms with Gasteiger partial charge in [0.15, 0.2) is 0 Å². The van der Waals surface area contributed by atoms with Gasteiger partial charge >= 0.3 is 5.97 Å². The first-order valence-corrected chi connectivity index (χ1v) is 5.77. The molecule has 0 radical (unpaired) electrons. The molecular weight excluding hydrogens is 212 g/mol. The highest BCUT2D eigenvalue weighted by Crippen LogP contribution is 2.32. The molecule has 2 heteroatoms. The lowest BCUT2D eigenvalue weighted by Crippen LogP contribution is -1.97. The molecule has 0 aromatic rings. The maximum absolute atomic E-state index is 11.3. The van der Waals surface area contributed by atoms with Crippen LogP contribution in [0.2, 0.25) is 0 Å². The molecule has 2 aliphatic carbocycles. The highest BCUT2D eigenvalue weighted by atomic mass is 16.4. The number of hydrogen-bond donors (Lipinski definition) is 1. The molecule has 88 valence electrons. The largest absolute Gasteiger partial charge is 0.478 e. The molecule has 0 aromatic heterocycles. The van der Waals surface area contributed by atoms with E-state index >= 15 is 0 Å². The molecule has 2 aliphatic rings. The van der Waals surface area contributed by atoms with Crippen LogP contribution >= 0.6 is 0 Å². The van der Waals surface area contributed by atoms with Crippen molar-refractivity contribution in [1.82, 2.24) is 0 Å². The first-order chi connectivity index (χ1) is 8.00. The Morgan fingerprint density at radius 1 is 1.24 bits per heavy atom. The number of aryl methyl sites for hydroxylation is 1. The molecule has 0 unspecified atom stereocenters. The van der Waals surface area contributed by atoms with Crippen LogP contribution in [0.25, 0.3) is 11.1 Å². The second-order valence-corrected chi connectivity index (χ2v) is 4.70. The van der Waals surface area contributed by atoms with Crippen molar-refractivity contribution in [3.05, 3.63) is 47.0 Å². The zero-order valence-corrected chi connectivity index (χ0v) is 10.3. The Balaban J connectivity index is 2.74. The monoisotopic (exact) mass is 228 g/mol. The van der Waals surface area contributed by atoms with Gasteiger partial charge in [-0.15, -0.1) is 0 Å². The van der Waals surface area contributed by atoms with Gasteiger partial charge in [0.25, 0.3) is 0 Å². The Kier molecular flexibility index (Phi) is 2.88. The summed E-state index contributed by atoms with van der Waals surface area (Å²) in [5.74, 6) is -0.458. The first kappa shape index (κ1) is 11.6. The molecule has 2 rings (SSSR count). The number of fused-ring (bicyclic) bond motifs is 1. The fourth-order valence-electron chi connectivity index (χ4n) is 2.15. The van der Waals surface area contributed by atoms with Crippen LogP contribution in [0.4, 0.5) is 0 Å². The van der Waals surface area contributed by atoms with Gasteiger partial charge in [0.1, 0.15) is 0 Å². The van der Waals surface area contributed by atoms with Gasteiger partial charge in [0.05, 0.1) is 5.56 Å². The van der Waals surface area contributed by atoms with Gasteiger partial charge in [-0.25, -0.2) is 4.79 Å². The van der Waals surface area contributed by atoms with E-state index in [0.29, 0.717) is 11.5 Å². The van der Waals surface area contributed by atoms with Crippen molar-refractivity contribution in [1.29, 1.82) is 0 Å². The zero-order chi connectivity index (χ0) is 12.6. The lowest BCUT2D eigenvalue weighted by atomic mass is 10.0. The topological polar surface area (TPSA) is 37.3 Å². The Morgan fingerprint density at radius 3 is 2.53 bits per heavy atom. The highest BCUT2D eigenvalue weighted by Gasteiger charge is 2.18. The van der Waals surface area contributed by atoms with Gasteiger partial charge in [-0.3, -0.25) is 0 Å². The van der Waals surface area contributed by atoms with Crippen LogP contribution in [0.15, 0.2) is 30.3 Å². The van der Waals surface area contributed by atoms with Crippen LogP contribution in [-0.4, -0.2) is 11.1 Å². The summed E-state index contributed by atoms with van der Waals surface area (Å²) in [5.41, 5.74) is 4.25. The van der Waals surface area contributed by atoms with E-state index in [2.05, 4.69) is 13.8 Å². The van der Waals surface area contributed by atoms with E-state index in [1.54, 1.807) is 0 Å². The quantitative estimate of drug-likeness (QED) is 0.845. The zero-order valence-electron chi connectivity index (χ0n) is 10.3. The third kappa shape index (κ3) is 2.03. The second kappa shape index (κ2) is 4.21. The van der Waals surface area contributed by atoms with Crippen molar-refractivity contribution in [3.8, 4) is 11.1 Å². The average Bonchev–Trinajstić information content (AvgIpc) is 2.42. The number of rotatable bonds is 2. The predicted octanol–water partition coefficient (Wildman–Crippen LogP) is 3.92. The van der Waals surface area contributed by atoms with Crippen molar-refractivity contribution in [2.75, 3.05) is 0 Å². The average molecular weight is 228 g/mol. The molecule has 0 bridgehead atoms. The van der Waals surface area contributed by atoms with Crippen LogP contribution in [-0.2, 0) is 0 Å². The Hall–Kier alpha value is -1.83. The van der Waals surface area contributed by atoms with Gasteiger partial charge < -0.3 is 5.11 Å². The minimum atomic E-state index is -0.849. The van der Waals surface area contributed by atoms with Crippen LogP contribution in [0, 0.1) is 6.92 Å². The number of hydrogen-bond acceptors (Lipinski definition) is 1. The van der Waals surface area contributed by atoms with Gasteiger partial charge in [-0.05, 0) is 35.1 Å². The summed E-state index contributed by atoms with van der Waals surface area (Å²) in [7, 11) is 0. The summed E-state index contributed by atoms with van der Waals surface area (Å²) in [4.78, 5) is 11.3. The number of carbonyl (C=O) groups is 1. The third-order valence-electron chi connectivity index (χ3n) is 3.10. The van der Waals surface area contributed by atoms with E-state index in [0.717, 1.165) is 22.3 Å². The van der Waals surface area contributed by atoms with Crippen molar-refractivity contribution < 1.29 is 9.90 Å². The molecule has 0 spiro atoms. The number of carboxylic acid groups (broad SMARTS) is 1. The van der Waals surface area contributed by atoms with Crippen LogP contribution in [0.5, 0.6) is 0 Å². The van der Waals surface area contributed by atoms with Gasteiger partial charge in [-0.1, -0.05) is 44.2 Å². The third-order valence-corrected chi connectivity index (χ3v) is 3.10. The summed E-state index contributed by atoms with van der Waals surface area (Å²) >= 11 is 0. The summed E-state index contributed by atoms with van der Waals surface area (Å²) in [6.07, 6.45) is 0. The molecule has 0 aromatic carbocycles. The minimum Gasteiger partial charge on any atom is -0.478 e. The molecular formula is C15H16O2. The van der Waals surface area contributed by atoms with Crippen molar-refractivity contribution in [2.24, 2.45) is 0 Å². The molecule has 1 N–H and O–H groups in total. The van der Waals surface area contributed by atoms with Crippen molar-refractivity contribution in [3.63, 3.8) is 0 Å². The molecule has 0 atom stereocenters. The maximum Gasteiger partial charge on any atom is 0.336 e.